The van der Waals surface area contributed by atoms with E-state index < -0.39 is 5.60 Å². The van der Waals surface area contributed by atoms with Crippen molar-refractivity contribution in [2.75, 3.05) is 5.32 Å². The maximum absolute atomic E-state index is 13.3. The molecule has 0 aromatic carbocycles. The second kappa shape index (κ2) is 8.65. The summed E-state index contributed by atoms with van der Waals surface area (Å²) in [6.45, 7) is 4.54. The Morgan fingerprint density at radius 2 is 1.97 bits per heavy atom. The summed E-state index contributed by atoms with van der Waals surface area (Å²) in [5.74, 6) is 3.97. The molecule has 1 amide bonds. The number of fused-ring (bicyclic) bond motifs is 5. The summed E-state index contributed by atoms with van der Waals surface area (Å²) in [6.07, 6.45) is 15.0. The average Bonchev–Trinajstić information content (AvgIpc) is 3.16. The normalized spacial score (nSPS) is 41.9. The SMILES string of the molecule is CCCC1(O)CCC2C(CCC3C2CCC2(C)C(C(=O)Nc4cncc(C#N)n4)CCC32)C1. The lowest BCUT2D eigenvalue weighted by Gasteiger charge is -2.57. The first-order chi connectivity index (χ1) is 15.9. The predicted molar refractivity (Wildman–Crippen MR) is 126 cm³/mol. The molecule has 0 radical (unpaired) electrons. The number of hydrogen-bond donors (Lipinski definition) is 2. The van der Waals surface area contributed by atoms with Crippen LogP contribution in [-0.4, -0.2) is 26.6 Å². The second-order valence-electron chi connectivity index (χ2n) is 11.7. The van der Waals surface area contributed by atoms with Gasteiger partial charge in [0, 0.05) is 5.92 Å². The standard InChI is InChI=1S/C27H38N4O2/c1-3-10-27(33)12-9-19-17(13-27)4-5-21-20(19)8-11-26(2)22(21)6-7-23(26)25(32)31-24-16-29-15-18(14-28)30-24/h15-17,19-23,33H,3-13H2,1-2H3,(H,30,31,32). The minimum Gasteiger partial charge on any atom is -0.390 e. The fraction of sp³-hybridized carbons (Fsp3) is 0.778. The number of nitrogens with one attached hydrogen (secondary N) is 1. The van der Waals surface area contributed by atoms with Gasteiger partial charge in [0.15, 0.2) is 11.5 Å². The van der Waals surface area contributed by atoms with Crippen molar-refractivity contribution in [3.63, 3.8) is 0 Å². The van der Waals surface area contributed by atoms with Gasteiger partial charge in [-0.1, -0.05) is 20.3 Å². The zero-order valence-electron chi connectivity index (χ0n) is 20.1. The molecule has 178 valence electrons. The lowest BCUT2D eigenvalue weighted by molar-refractivity contribution is -0.130. The first kappa shape index (κ1) is 22.8. The molecule has 0 bridgehead atoms. The van der Waals surface area contributed by atoms with Crippen LogP contribution in [0.2, 0.25) is 0 Å². The monoisotopic (exact) mass is 450 g/mol. The summed E-state index contributed by atoms with van der Waals surface area (Å²) in [4.78, 5) is 21.5. The Labute approximate surface area is 197 Å². The van der Waals surface area contributed by atoms with Gasteiger partial charge in [0.2, 0.25) is 5.91 Å². The van der Waals surface area contributed by atoms with E-state index >= 15 is 0 Å². The maximum Gasteiger partial charge on any atom is 0.229 e. The van der Waals surface area contributed by atoms with E-state index in [0.717, 1.165) is 62.7 Å². The average molecular weight is 451 g/mol. The summed E-state index contributed by atoms with van der Waals surface area (Å²) in [5.41, 5.74) is -0.164. The molecule has 8 unspecified atom stereocenters. The topological polar surface area (TPSA) is 98.9 Å². The molecule has 1 aromatic rings. The number of nitrogens with zero attached hydrogens (tertiary/aromatic N) is 3. The Bertz CT molecular complexity index is 944. The molecule has 8 atom stereocenters. The number of amides is 1. The molecule has 0 aliphatic heterocycles. The quantitative estimate of drug-likeness (QED) is 0.666. The van der Waals surface area contributed by atoms with E-state index in [4.69, 9.17) is 5.26 Å². The highest BCUT2D eigenvalue weighted by Crippen LogP contribution is 2.64. The Morgan fingerprint density at radius 3 is 2.76 bits per heavy atom. The second-order valence-corrected chi connectivity index (χ2v) is 11.7. The van der Waals surface area contributed by atoms with E-state index in [1.807, 2.05) is 6.07 Å². The Kier molecular flexibility index (Phi) is 5.97. The molecule has 33 heavy (non-hydrogen) atoms. The molecule has 4 saturated carbocycles. The number of nitriles is 1. The third-order valence-corrected chi connectivity index (χ3v) is 10.1. The van der Waals surface area contributed by atoms with Crippen LogP contribution in [0.15, 0.2) is 12.4 Å². The highest BCUT2D eigenvalue weighted by molar-refractivity contribution is 5.92. The third-order valence-electron chi connectivity index (χ3n) is 10.1. The van der Waals surface area contributed by atoms with E-state index in [-0.39, 0.29) is 22.9 Å². The van der Waals surface area contributed by atoms with Crippen LogP contribution in [0, 0.1) is 52.3 Å². The molecule has 6 heteroatoms. The highest BCUT2D eigenvalue weighted by atomic mass is 16.3. The van der Waals surface area contributed by atoms with Gasteiger partial charge in [-0.25, -0.2) is 4.98 Å². The van der Waals surface area contributed by atoms with E-state index in [1.54, 1.807) is 0 Å². The number of anilines is 1. The van der Waals surface area contributed by atoms with Crippen LogP contribution in [0.1, 0.15) is 90.2 Å². The summed E-state index contributed by atoms with van der Waals surface area (Å²) < 4.78 is 0. The molecule has 5 rings (SSSR count). The van der Waals surface area contributed by atoms with Crippen molar-refractivity contribution in [3.05, 3.63) is 18.1 Å². The van der Waals surface area contributed by atoms with Gasteiger partial charge < -0.3 is 10.4 Å². The van der Waals surface area contributed by atoms with E-state index in [1.165, 1.54) is 38.1 Å². The summed E-state index contributed by atoms with van der Waals surface area (Å²) >= 11 is 0. The van der Waals surface area contributed by atoms with Crippen LogP contribution in [0.5, 0.6) is 0 Å². The van der Waals surface area contributed by atoms with Crippen molar-refractivity contribution >= 4 is 11.7 Å². The van der Waals surface area contributed by atoms with Crippen LogP contribution in [-0.2, 0) is 4.79 Å². The number of carbonyl (C=O) groups excluding carboxylic acids is 1. The molecule has 4 aliphatic carbocycles. The van der Waals surface area contributed by atoms with Gasteiger partial charge in [-0.15, -0.1) is 0 Å². The van der Waals surface area contributed by atoms with Crippen molar-refractivity contribution in [1.29, 1.82) is 5.26 Å². The third kappa shape index (κ3) is 3.97. The summed E-state index contributed by atoms with van der Waals surface area (Å²) in [5, 5.41) is 23.1. The fourth-order valence-corrected chi connectivity index (χ4v) is 8.78. The van der Waals surface area contributed by atoms with Gasteiger partial charge in [-0.3, -0.25) is 9.78 Å². The number of carbonyl (C=O) groups is 1. The van der Waals surface area contributed by atoms with Crippen LogP contribution in [0.3, 0.4) is 0 Å². The van der Waals surface area contributed by atoms with E-state index in [0.29, 0.717) is 17.7 Å². The lowest BCUT2D eigenvalue weighted by Crippen LogP contribution is -2.51. The molecular weight excluding hydrogens is 412 g/mol. The van der Waals surface area contributed by atoms with Crippen LogP contribution >= 0.6 is 0 Å². The van der Waals surface area contributed by atoms with Crippen molar-refractivity contribution in [1.82, 2.24) is 9.97 Å². The first-order valence-electron chi connectivity index (χ1n) is 13.1. The number of aliphatic hydroxyl groups is 1. The number of aromatic nitrogens is 2. The largest absolute Gasteiger partial charge is 0.390 e. The molecule has 4 aliphatic rings. The summed E-state index contributed by atoms with van der Waals surface area (Å²) in [7, 11) is 0. The predicted octanol–water partition coefficient (Wildman–Crippen LogP) is 5.09. The highest BCUT2D eigenvalue weighted by Gasteiger charge is 2.59. The Balaban J connectivity index is 1.28. The molecular formula is C27H38N4O2. The molecule has 0 spiro atoms. The van der Waals surface area contributed by atoms with Gasteiger partial charge >= 0.3 is 0 Å². The smallest absolute Gasteiger partial charge is 0.229 e. The fourth-order valence-electron chi connectivity index (χ4n) is 8.78. The van der Waals surface area contributed by atoms with Crippen molar-refractivity contribution in [3.8, 4) is 6.07 Å². The number of rotatable bonds is 4. The van der Waals surface area contributed by atoms with Crippen molar-refractivity contribution in [2.45, 2.75) is 90.1 Å². The number of hydrogen-bond acceptors (Lipinski definition) is 5. The van der Waals surface area contributed by atoms with Crippen LogP contribution in [0.4, 0.5) is 5.82 Å². The van der Waals surface area contributed by atoms with Crippen LogP contribution in [0.25, 0.3) is 0 Å². The first-order valence-corrected chi connectivity index (χ1v) is 13.1. The van der Waals surface area contributed by atoms with Gasteiger partial charge in [-0.05, 0) is 99.2 Å². The minimum atomic E-state index is -0.422. The van der Waals surface area contributed by atoms with Gasteiger partial charge in [0.05, 0.1) is 18.0 Å². The molecule has 2 N–H and O–H groups in total. The van der Waals surface area contributed by atoms with Crippen molar-refractivity contribution in [2.24, 2.45) is 40.9 Å². The minimum absolute atomic E-state index is 0.00489. The molecule has 0 saturated heterocycles. The van der Waals surface area contributed by atoms with E-state index in [2.05, 4.69) is 29.1 Å². The lowest BCUT2D eigenvalue weighted by atomic mass is 9.49. The zero-order chi connectivity index (χ0) is 23.2. The Morgan fingerprint density at radius 1 is 1.15 bits per heavy atom. The summed E-state index contributed by atoms with van der Waals surface area (Å²) in [6, 6.07) is 1.99. The maximum atomic E-state index is 13.3. The molecule has 6 nitrogen and oxygen atoms in total. The zero-order valence-corrected chi connectivity index (χ0v) is 20.1. The van der Waals surface area contributed by atoms with Crippen molar-refractivity contribution < 1.29 is 9.90 Å². The van der Waals surface area contributed by atoms with Gasteiger partial charge in [0.25, 0.3) is 0 Å². The molecule has 1 aromatic heterocycles. The van der Waals surface area contributed by atoms with Gasteiger partial charge in [-0.2, -0.15) is 5.26 Å². The molecule has 4 fully saturated rings. The van der Waals surface area contributed by atoms with Gasteiger partial charge in [0.1, 0.15) is 6.07 Å². The van der Waals surface area contributed by atoms with E-state index in [9.17, 15) is 9.90 Å². The Hall–Kier alpha value is -2.00. The van der Waals surface area contributed by atoms with Crippen LogP contribution < -0.4 is 5.32 Å². The molecule has 1 heterocycles.